The third-order valence-electron chi connectivity index (χ3n) is 5.16. The number of hydrogen-bond acceptors (Lipinski definition) is 6. The minimum atomic E-state index is -0.693. The van der Waals surface area contributed by atoms with E-state index in [4.69, 9.17) is 9.15 Å². The van der Waals surface area contributed by atoms with Gasteiger partial charge in [-0.1, -0.05) is 24.3 Å². The van der Waals surface area contributed by atoms with E-state index in [0.717, 1.165) is 16.0 Å². The summed E-state index contributed by atoms with van der Waals surface area (Å²) in [5.74, 6) is -0.683. The fourth-order valence-electron chi connectivity index (χ4n) is 3.49. The second-order valence-electron chi connectivity index (χ2n) is 7.80. The molecule has 0 atom stereocenters. The number of anilines is 1. The minimum Gasteiger partial charge on any atom is -0.462 e. The Morgan fingerprint density at radius 1 is 1.09 bits per heavy atom. The van der Waals surface area contributed by atoms with Gasteiger partial charge in [-0.2, -0.15) is 0 Å². The average Bonchev–Trinajstić information content (AvgIpc) is 3.40. The van der Waals surface area contributed by atoms with E-state index in [-0.39, 0.29) is 5.70 Å². The lowest BCUT2D eigenvalue weighted by Crippen LogP contribution is -2.38. The number of amides is 4. The van der Waals surface area contributed by atoms with Crippen molar-refractivity contribution in [1.82, 2.24) is 10.2 Å². The Labute approximate surface area is 201 Å². The summed E-state index contributed by atoms with van der Waals surface area (Å²) in [6.07, 6.45) is 1.40. The molecule has 1 aliphatic heterocycles. The molecule has 9 nitrogen and oxygen atoms in total. The zero-order chi connectivity index (χ0) is 24.9. The first-order valence-corrected chi connectivity index (χ1v) is 10.9. The lowest BCUT2D eigenvalue weighted by molar-refractivity contribution is -0.127. The maximum atomic E-state index is 12.7. The quantitative estimate of drug-likeness (QED) is 0.305. The summed E-state index contributed by atoms with van der Waals surface area (Å²) >= 11 is 0. The summed E-state index contributed by atoms with van der Waals surface area (Å²) in [5, 5.41) is 5.14. The van der Waals surface area contributed by atoms with Crippen molar-refractivity contribution in [3.63, 3.8) is 0 Å². The Balaban J connectivity index is 1.42. The van der Waals surface area contributed by atoms with Crippen LogP contribution in [0.1, 0.15) is 28.6 Å². The Kier molecular flexibility index (Phi) is 6.77. The third-order valence-corrected chi connectivity index (χ3v) is 5.16. The molecule has 9 heteroatoms. The number of rotatable bonds is 7. The molecule has 178 valence electrons. The largest absolute Gasteiger partial charge is 0.462 e. The van der Waals surface area contributed by atoms with Crippen LogP contribution in [0.3, 0.4) is 0 Å². The molecule has 3 aromatic rings. The average molecular weight is 473 g/mol. The van der Waals surface area contributed by atoms with Crippen LogP contribution >= 0.6 is 0 Å². The number of carbonyl (C=O) groups excluding carboxylic acids is 4. The number of aryl methyl sites for hydroxylation is 1. The van der Waals surface area contributed by atoms with Gasteiger partial charge in [0, 0.05) is 17.3 Å². The highest BCUT2D eigenvalue weighted by atomic mass is 16.5. The van der Waals surface area contributed by atoms with Crippen LogP contribution in [0.5, 0.6) is 0 Å². The topological polar surface area (TPSA) is 118 Å². The summed E-state index contributed by atoms with van der Waals surface area (Å²) in [4.78, 5) is 50.0. The number of esters is 1. The molecule has 2 heterocycles. The summed E-state index contributed by atoms with van der Waals surface area (Å²) in [6.45, 7) is 3.50. The van der Waals surface area contributed by atoms with E-state index < -0.39 is 30.4 Å². The van der Waals surface area contributed by atoms with Crippen molar-refractivity contribution in [1.29, 1.82) is 0 Å². The van der Waals surface area contributed by atoms with E-state index in [2.05, 4.69) is 10.6 Å². The minimum absolute atomic E-state index is 0.00286. The SMILES string of the molecule is CCOC(=O)c1ccc(-c2ccc(/C=C3/NC(=O)N(CC(=O)Nc4cccc(C)c4)C3=O)o2)cc1. The second-order valence-corrected chi connectivity index (χ2v) is 7.80. The van der Waals surface area contributed by atoms with Gasteiger partial charge >= 0.3 is 12.0 Å². The number of ether oxygens (including phenoxy) is 1. The van der Waals surface area contributed by atoms with Crippen LogP contribution in [0.25, 0.3) is 17.4 Å². The Morgan fingerprint density at radius 2 is 1.86 bits per heavy atom. The molecule has 2 aromatic carbocycles. The van der Waals surface area contributed by atoms with E-state index in [0.29, 0.717) is 29.4 Å². The van der Waals surface area contributed by atoms with E-state index >= 15 is 0 Å². The molecule has 0 radical (unpaired) electrons. The highest BCUT2D eigenvalue weighted by Gasteiger charge is 2.35. The standard InChI is InChI=1S/C26H23N3O6/c1-3-34-25(32)18-9-7-17(8-10-18)22-12-11-20(35-22)14-21-24(31)29(26(33)28-21)15-23(30)27-19-6-4-5-16(2)13-19/h4-14H,3,15H2,1-2H3,(H,27,30)(H,28,33)/b21-14+. The molecule has 0 spiro atoms. The van der Waals surface area contributed by atoms with Gasteiger partial charge in [-0.3, -0.25) is 9.59 Å². The number of urea groups is 1. The summed E-state index contributed by atoms with van der Waals surface area (Å²) in [7, 11) is 0. The van der Waals surface area contributed by atoms with Gasteiger partial charge in [0.05, 0.1) is 12.2 Å². The molecule has 1 aromatic heterocycles. The molecular formula is C26H23N3O6. The van der Waals surface area contributed by atoms with Crippen molar-refractivity contribution in [3.8, 4) is 11.3 Å². The molecule has 1 saturated heterocycles. The molecule has 2 N–H and O–H groups in total. The highest BCUT2D eigenvalue weighted by Crippen LogP contribution is 2.25. The molecule has 0 aliphatic carbocycles. The number of benzene rings is 2. The van der Waals surface area contributed by atoms with Crippen LogP contribution in [0.15, 0.2) is 70.8 Å². The van der Waals surface area contributed by atoms with Crippen LogP contribution in [0, 0.1) is 6.92 Å². The van der Waals surface area contributed by atoms with Crippen molar-refractivity contribution in [3.05, 3.63) is 83.2 Å². The first-order chi connectivity index (χ1) is 16.8. The van der Waals surface area contributed by atoms with Gasteiger partial charge < -0.3 is 19.8 Å². The van der Waals surface area contributed by atoms with Gasteiger partial charge in [-0.15, -0.1) is 0 Å². The van der Waals surface area contributed by atoms with Crippen LogP contribution in [-0.4, -0.2) is 41.9 Å². The van der Waals surface area contributed by atoms with E-state index in [1.165, 1.54) is 6.08 Å². The van der Waals surface area contributed by atoms with Crippen LogP contribution in [0.2, 0.25) is 0 Å². The van der Waals surface area contributed by atoms with Crippen molar-refractivity contribution >= 4 is 35.6 Å². The molecule has 0 saturated carbocycles. The van der Waals surface area contributed by atoms with Gasteiger partial charge in [0.25, 0.3) is 5.91 Å². The van der Waals surface area contributed by atoms with Gasteiger partial charge in [0.15, 0.2) is 0 Å². The highest BCUT2D eigenvalue weighted by molar-refractivity contribution is 6.15. The van der Waals surface area contributed by atoms with Crippen molar-refractivity contribution < 1.29 is 28.3 Å². The number of imide groups is 1. The van der Waals surface area contributed by atoms with E-state index in [1.54, 1.807) is 61.5 Å². The van der Waals surface area contributed by atoms with Gasteiger partial charge in [-0.25, -0.2) is 14.5 Å². The lowest BCUT2D eigenvalue weighted by atomic mass is 10.1. The van der Waals surface area contributed by atoms with Gasteiger partial charge in [-0.05, 0) is 55.8 Å². The fraction of sp³-hybridized carbons (Fsp3) is 0.154. The van der Waals surface area contributed by atoms with E-state index in [9.17, 15) is 19.2 Å². The Bertz CT molecular complexity index is 1320. The Morgan fingerprint density at radius 3 is 2.57 bits per heavy atom. The van der Waals surface area contributed by atoms with Crippen LogP contribution < -0.4 is 10.6 Å². The third kappa shape index (κ3) is 5.47. The first-order valence-electron chi connectivity index (χ1n) is 10.9. The zero-order valence-corrected chi connectivity index (χ0v) is 19.2. The molecular weight excluding hydrogens is 450 g/mol. The molecule has 0 unspecified atom stereocenters. The Hall–Kier alpha value is -4.66. The number of nitrogens with zero attached hydrogens (tertiary/aromatic N) is 1. The zero-order valence-electron chi connectivity index (χ0n) is 19.2. The molecule has 4 amide bonds. The molecule has 4 rings (SSSR count). The molecule has 1 aliphatic rings. The van der Waals surface area contributed by atoms with Crippen LogP contribution in [0.4, 0.5) is 10.5 Å². The fourth-order valence-corrected chi connectivity index (χ4v) is 3.49. The number of carbonyl (C=O) groups is 4. The number of furan rings is 1. The summed E-state index contributed by atoms with van der Waals surface area (Å²) < 4.78 is 10.7. The smallest absolute Gasteiger partial charge is 0.338 e. The first kappa shape index (κ1) is 23.5. The normalized spacial score (nSPS) is 14.2. The van der Waals surface area contributed by atoms with Crippen molar-refractivity contribution in [2.45, 2.75) is 13.8 Å². The van der Waals surface area contributed by atoms with Gasteiger partial charge in [0.1, 0.15) is 23.8 Å². The molecule has 1 fully saturated rings. The maximum absolute atomic E-state index is 12.7. The lowest BCUT2D eigenvalue weighted by Gasteiger charge is -2.12. The molecule has 0 bridgehead atoms. The maximum Gasteiger partial charge on any atom is 0.338 e. The van der Waals surface area contributed by atoms with Crippen molar-refractivity contribution in [2.24, 2.45) is 0 Å². The monoisotopic (exact) mass is 473 g/mol. The predicted octanol–water partition coefficient (Wildman–Crippen LogP) is 3.96. The van der Waals surface area contributed by atoms with E-state index in [1.807, 2.05) is 13.0 Å². The number of nitrogens with one attached hydrogen (secondary N) is 2. The summed E-state index contributed by atoms with van der Waals surface area (Å²) in [5.41, 5.74) is 2.69. The van der Waals surface area contributed by atoms with Crippen molar-refractivity contribution in [2.75, 3.05) is 18.5 Å². The summed E-state index contributed by atoms with van der Waals surface area (Å²) in [6, 6.07) is 16.6. The molecule has 35 heavy (non-hydrogen) atoms. The van der Waals surface area contributed by atoms with Crippen LogP contribution in [-0.2, 0) is 14.3 Å². The number of hydrogen-bond donors (Lipinski definition) is 2. The predicted molar refractivity (Wildman–Crippen MR) is 128 cm³/mol. The van der Waals surface area contributed by atoms with Gasteiger partial charge in [0.2, 0.25) is 5.91 Å². The second kappa shape index (κ2) is 10.1.